The number of carbonyl (C=O) groups is 2. The number of ether oxygens (including phenoxy) is 1. The molecule has 0 aliphatic carbocycles. The normalized spacial score (nSPS) is 10.6. The molecule has 1 heterocycles. The number of H-pyrrole nitrogens is 1. The number of aryl methyl sites for hydroxylation is 1. The van der Waals surface area contributed by atoms with E-state index in [1.165, 1.54) is 13.2 Å². The topological polar surface area (TPSA) is 88.3 Å². The summed E-state index contributed by atoms with van der Waals surface area (Å²) < 4.78 is 4.71. The van der Waals surface area contributed by atoms with Crippen LogP contribution in [0.4, 0.5) is 5.69 Å². The van der Waals surface area contributed by atoms with Crippen molar-refractivity contribution in [1.82, 2.24) is 4.98 Å². The molecular weight excluding hydrogens is 320 g/mol. The van der Waals surface area contributed by atoms with E-state index in [4.69, 9.17) is 4.74 Å². The number of carbonyl (C=O) groups excluding carboxylic acids is 2. The third-order valence-electron chi connectivity index (χ3n) is 3.96. The van der Waals surface area contributed by atoms with Crippen LogP contribution >= 0.6 is 0 Å². The van der Waals surface area contributed by atoms with Gasteiger partial charge in [-0.2, -0.15) is 0 Å². The van der Waals surface area contributed by atoms with Crippen LogP contribution in [0.2, 0.25) is 0 Å². The summed E-state index contributed by atoms with van der Waals surface area (Å²) in [5, 5.41) is 2.68. The van der Waals surface area contributed by atoms with E-state index in [1.54, 1.807) is 19.1 Å². The van der Waals surface area contributed by atoms with E-state index in [2.05, 4.69) is 24.1 Å². The van der Waals surface area contributed by atoms with Gasteiger partial charge in [0.1, 0.15) is 5.56 Å². The smallest absolute Gasteiger partial charge is 0.339 e. The zero-order chi connectivity index (χ0) is 18.6. The van der Waals surface area contributed by atoms with Gasteiger partial charge in [-0.15, -0.1) is 0 Å². The maximum absolute atomic E-state index is 12.4. The van der Waals surface area contributed by atoms with Gasteiger partial charge in [0.2, 0.25) is 0 Å². The van der Waals surface area contributed by atoms with Crippen molar-refractivity contribution in [3.05, 3.63) is 63.1 Å². The van der Waals surface area contributed by atoms with E-state index >= 15 is 0 Å². The number of amides is 1. The number of methoxy groups -OCH3 is 1. The Kier molecular flexibility index (Phi) is 5.75. The lowest BCUT2D eigenvalue weighted by Crippen LogP contribution is -2.26. The molecule has 0 unspecified atom stereocenters. The molecule has 0 radical (unpaired) electrons. The lowest BCUT2D eigenvalue weighted by molar-refractivity contribution is 0.0599. The number of esters is 1. The van der Waals surface area contributed by atoms with Crippen LogP contribution in [-0.2, 0) is 11.2 Å². The fourth-order valence-corrected chi connectivity index (χ4v) is 2.46. The van der Waals surface area contributed by atoms with Gasteiger partial charge in [0, 0.05) is 11.4 Å². The third-order valence-corrected chi connectivity index (χ3v) is 3.96. The average molecular weight is 342 g/mol. The molecule has 132 valence electrons. The predicted octanol–water partition coefficient (Wildman–Crippen LogP) is 3.10. The predicted molar refractivity (Wildman–Crippen MR) is 96.3 cm³/mol. The van der Waals surface area contributed by atoms with Gasteiger partial charge in [-0.25, -0.2) is 4.79 Å². The summed E-state index contributed by atoms with van der Waals surface area (Å²) in [6, 6.07) is 8.68. The van der Waals surface area contributed by atoms with Gasteiger partial charge in [0.15, 0.2) is 0 Å². The van der Waals surface area contributed by atoms with Gasteiger partial charge >= 0.3 is 5.97 Å². The number of rotatable bonds is 5. The quantitative estimate of drug-likeness (QED) is 0.817. The second kappa shape index (κ2) is 7.79. The highest BCUT2D eigenvalue weighted by atomic mass is 16.5. The molecule has 0 saturated carbocycles. The van der Waals surface area contributed by atoms with E-state index in [-0.39, 0.29) is 11.1 Å². The van der Waals surface area contributed by atoms with E-state index in [9.17, 15) is 14.4 Å². The van der Waals surface area contributed by atoms with Crippen LogP contribution in [0.5, 0.6) is 0 Å². The highest BCUT2D eigenvalue weighted by Crippen LogP contribution is 2.18. The first kappa shape index (κ1) is 18.4. The molecule has 2 N–H and O–H groups in total. The number of aromatic nitrogens is 1. The molecule has 1 aromatic heterocycles. The molecule has 0 aliphatic rings. The molecule has 0 bridgehead atoms. The Morgan fingerprint density at radius 1 is 1.16 bits per heavy atom. The number of hydrogen-bond acceptors (Lipinski definition) is 4. The molecule has 6 nitrogen and oxygen atoms in total. The first-order valence-electron chi connectivity index (χ1n) is 8.13. The highest BCUT2D eigenvalue weighted by Gasteiger charge is 2.19. The molecule has 0 saturated heterocycles. The maximum atomic E-state index is 12.4. The molecule has 0 fully saturated rings. The van der Waals surface area contributed by atoms with Gasteiger partial charge in [0.05, 0.1) is 12.7 Å². The van der Waals surface area contributed by atoms with Crippen molar-refractivity contribution in [1.29, 1.82) is 0 Å². The number of pyridine rings is 1. The van der Waals surface area contributed by atoms with Crippen molar-refractivity contribution >= 4 is 17.6 Å². The van der Waals surface area contributed by atoms with Crippen LogP contribution in [0, 0.1) is 0 Å². The van der Waals surface area contributed by atoms with Crippen molar-refractivity contribution in [2.24, 2.45) is 0 Å². The van der Waals surface area contributed by atoms with Crippen LogP contribution in [0.1, 0.15) is 58.7 Å². The van der Waals surface area contributed by atoms with Gasteiger partial charge in [-0.1, -0.05) is 32.9 Å². The molecule has 0 spiro atoms. The number of aromatic amines is 1. The minimum Gasteiger partial charge on any atom is -0.465 e. The summed E-state index contributed by atoms with van der Waals surface area (Å²) in [7, 11) is 1.25. The monoisotopic (exact) mass is 342 g/mol. The lowest BCUT2D eigenvalue weighted by atomic mass is 10.0. The molecule has 25 heavy (non-hydrogen) atoms. The summed E-state index contributed by atoms with van der Waals surface area (Å²) in [4.78, 5) is 39.0. The van der Waals surface area contributed by atoms with Crippen LogP contribution in [-0.4, -0.2) is 24.0 Å². The first-order valence-corrected chi connectivity index (χ1v) is 8.13. The van der Waals surface area contributed by atoms with Crippen LogP contribution in [0.15, 0.2) is 35.1 Å². The Bertz CT molecular complexity index is 835. The van der Waals surface area contributed by atoms with Crippen LogP contribution < -0.4 is 10.9 Å². The molecule has 1 aromatic carbocycles. The van der Waals surface area contributed by atoms with E-state index in [0.29, 0.717) is 23.7 Å². The zero-order valence-electron chi connectivity index (χ0n) is 14.8. The maximum Gasteiger partial charge on any atom is 0.339 e. The molecule has 2 rings (SSSR count). The summed E-state index contributed by atoms with van der Waals surface area (Å²) in [6.45, 7) is 5.96. The Labute approximate surface area is 146 Å². The van der Waals surface area contributed by atoms with Crippen molar-refractivity contribution in [2.75, 3.05) is 12.4 Å². The lowest BCUT2D eigenvalue weighted by Gasteiger charge is -2.10. The van der Waals surface area contributed by atoms with Gasteiger partial charge in [0.25, 0.3) is 11.5 Å². The molecule has 0 aliphatic heterocycles. The number of nitrogens with one attached hydrogen (secondary N) is 2. The highest BCUT2D eigenvalue weighted by molar-refractivity contribution is 6.05. The SMILES string of the molecule is CCc1[nH]c(=O)c(C(=O)Nc2ccc(C(C)C)cc2)cc1C(=O)OC. The second-order valence-electron chi connectivity index (χ2n) is 5.98. The fraction of sp³-hybridized carbons (Fsp3) is 0.316. The standard InChI is InChI=1S/C19H22N2O4/c1-5-16-14(19(24)25-4)10-15(18(23)21-16)17(22)20-13-8-6-12(7-9-13)11(2)3/h6-11H,5H2,1-4H3,(H,20,22)(H,21,23). The molecular formula is C19H22N2O4. The number of anilines is 1. The van der Waals surface area contributed by atoms with Gasteiger partial charge in [-0.3, -0.25) is 9.59 Å². The summed E-state index contributed by atoms with van der Waals surface area (Å²) in [5.41, 5.74) is 1.68. The van der Waals surface area contributed by atoms with Crippen molar-refractivity contribution < 1.29 is 14.3 Å². The van der Waals surface area contributed by atoms with Crippen molar-refractivity contribution in [3.8, 4) is 0 Å². The number of hydrogen-bond donors (Lipinski definition) is 2. The van der Waals surface area contributed by atoms with E-state index < -0.39 is 17.4 Å². The third kappa shape index (κ3) is 4.15. The van der Waals surface area contributed by atoms with Crippen molar-refractivity contribution in [3.63, 3.8) is 0 Å². The number of benzene rings is 1. The Morgan fingerprint density at radius 2 is 1.80 bits per heavy atom. The fourth-order valence-electron chi connectivity index (χ4n) is 2.46. The second-order valence-corrected chi connectivity index (χ2v) is 5.98. The van der Waals surface area contributed by atoms with Crippen LogP contribution in [0.25, 0.3) is 0 Å². The van der Waals surface area contributed by atoms with E-state index in [0.717, 1.165) is 5.56 Å². The molecule has 6 heteroatoms. The summed E-state index contributed by atoms with van der Waals surface area (Å²) >= 11 is 0. The minimum atomic E-state index is -0.594. The Balaban J connectivity index is 2.32. The van der Waals surface area contributed by atoms with Crippen molar-refractivity contribution in [2.45, 2.75) is 33.1 Å². The first-order chi connectivity index (χ1) is 11.9. The Hall–Kier alpha value is -2.89. The zero-order valence-corrected chi connectivity index (χ0v) is 14.8. The minimum absolute atomic E-state index is 0.134. The summed E-state index contributed by atoms with van der Waals surface area (Å²) in [5.74, 6) is -0.786. The van der Waals surface area contributed by atoms with Gasteiger partial charge < -0.3 is 15.0 Å². The molecule has 2 aromatic rings. The molecule has 1 amide bonds. The van der Waals surface area contributed by atoms with Gasteiger partial charge in [-0.05, 0) is 36.1 Å². The summed E-state index contributed by atoms with van der Waals surface area (Å²) in [6.07, 6.45) is 0.443. The van der Waals surface area contributed by atoms with E-state index in [1.807, 2.05) is 12.1 Å². The largest absolute Gasteiger partial charge is 0.465 e. The van der Waals surface area contributed by atoms with Crippen LogP contribution in [0.3, 0.4) is 0 Å². The average Bonchev–Trinajstić information content (AvgIpc) is 2.60. The molecule has 0 atom stereocenters. The Morgan fingerprint density at radius 3 is 2.32 bits per heavy atom.